The molecule has 1 rings (SSSR count). The summed E-state index contributed by atoms with van der Waals surface area (Å²) >= 11 is 0. The molecule has 1 unspecified atom stereocenters. The summed E-state index contributed by atoms with van der Waals surface area (Å²) in [6.07, 6.45) is 8.44. The highest BCUT2D eigenvalue weighted by molar-refractivity contribution is 5.19. The van der Waals surface area contributed by atoms with Crippen LogP contribution in [0.2, 0.25) is 0 Å². The van der Waals surface area contributed by atoms with E-state index in [0.29, 0.717) is 6.04 Å². The molecule has 0 saturated heterocycles. The van der Waals surface area contributed by atoms with Crippen LogP contribution in [-0.2, 0) is 0 Å². The monoisotopic (exact) mass is 220 g/mol. The lowest BCUT2D eigenvalue weighted by atomic mass is 10.0. The average molecular weight is 220 g/mol. The van der Waals surface area contributed by atoms with Gasteiger partial charge in [0.2, 0.25) is 0 Å². The van der Waals surface area contributed by atoms with Crippen LogP contribution in [0.15, 0.2) is 18.3 Å². The molecule has 0 fully saturated rings. The highest BCUT2D eigenvalue weighted by Gasteiger charge is 2.08. The van der Waals surface area contributed by atoms with Crippen LogP contribution in [-0.4, -0.2) is 12.0 Å². The van der Waals surface area contributed by atoms with E-state index in [4.69, 9.17) is 0 Å². The van der Waals surface area contributed by atoms with Gasteiger partial charge in [-0.3, -0.25) is 4.98 Å². The fraction of sp³-hybridized carbons (Fsp3) is 0.643. The van der Waals surface area contributed by atoms with Gasteiger partial charge in [-0.15, -0.1) is 0 Å². The Morgan fingerprint density at radius 2 is 2.12 bits per heavy atom. The Labute approximate surface area is 99.5 Å². The number of aryl methyl sites for hydroxylation is 1. The molecule has 0 aliphatic carbocycles. The molecule has 1 aromatic heterocycles. The molecule has 90 valence electrons. The Balaban J connectivity index is 2.47. The minimum Gasteiger partial charge on any atom is -0.313 e. The van der Waals surface area contributed by atoms with E-state index in [1.165, 1.54) is 37.7 Å². The van der Waals surface area contributed by atoms with Gasteiger partial charge in [0.05, 0.1) is 0 Å². The first-order valence-electron chi connectivity index (χ1n) is 6.37. The third kappa shape index (κ3) is 4.31. The molecule has 0 spiro atoms. The molecule has 0 saturated carbocycles. The normalized spacial score (nSPS) is 12.7. The topological polar surface area (TPSA) is 24.9 Å². The zero-order valence-corrected chi connectivity index (χ0v) is 10.8. The number of hydrogen-bond acceptors (Lipinski definition) is 2. The van der Waals surface area contributed by atoms with Crippen molar-refractivity contribution in [2.24, 2.45) is 0 Å². The number of aromatic nitrogens is 1. The van der Waals surface area contributed by atoms with Gasteiger partial charge in [-0.05, 0) is 38.1 Å². The Morgan fingerprint density at radius 1 is 1.31 bits per heavy atom. The maximum Gasteiger partial charge on any atom is 0.0375 e. The molecule has 0 amide bonds. The first-order chi connectivity index (χ1) is 7.77. The average Bonchev–Trinajstić information content (AvgIpc) is 2.29. The Morgan fingerprint density at radius 3 is 2.75 bits per heavy atom. The predicted octanol–water partition coefficient (Wildman–Crippen LogP) is 3.62. The number of nitrogens with zero attached hydrogens (tertiary/aromatic N) is 1. The number of hydrogen-bond donors (Lipinski definition) is 1. The lowest BCUT2D eigenvalue weighted by Crippen LogP contribution is -2.16. The van der Waals surface area contributed by atoms with Crippen molar-refractivity contribution in [1.82, 2.24) is 10.3 Å². The minimum absolute atomic E-state index is 0.485. The Kier molecular flexibility index (Phi) is 6.09. The quantitative estimate of drug-likeness (QED) is 0.710. The summed E-state index contributed by atoms with van der Waals surface area (Å²) < 4.78 is 0. The number of nitrogens with one attached hydrogen (secondary N) is 1. The second-order valence-corrected chi connectivity index (χ2v) is 4.42. The highest BCUT2D eigenvalue weighted by atomic mass is 14.9. The van der Waals surface area contributed by atoms with Crippen LogP contribution in [0.1, 0.15) is 56.3 Å². The van der Waals surface area contributed by atoms with Gasteiger partial charge in [-0.1, -0.05) is 32.6 Å². The van der Waals surface area contributed by atoms with Gasteiger partial charge in [-0.25, -0.2) is 0 Å². The molecule has 2 heteroatoms. The predicted molar refractivity (Wildman–Crippen MR) is 69.5 cm³/mol. The standard InChI is InChI=1S/C14H24N2/c1-4-5-6-7-8-14(15-3)13-9-10-16-12(2)11-13/h9-11,14-15H,4-8H2,1-3H3. The van der Waals surface area contributed by atoms with Gasteiger partial charge in [0.15, 0.2) is 0 Å². The molecule has 1 atom stereocenters. The number of unbranched alkanes of at least 4 members (excludes halogenated alkanes) is 3. The Hall–Kier alpha value is -0.890. The van der Waals surface area contributed by atoms with Crippen LogP contribution < -0.4 is 5.32 Å². The molecular weight excluding hydrogens is 196 g/mol. The molecule has 16 heavy (non-hydrogen) atoms. The van der Waals surface area contributed by atoms with E-state index in [9.17, 15) is 0 Å². The van der Waals surface area contributed by atoms with Crippen LogP contribution in [0.3, 0.4) is 0 Å². The Bertz CT molecular complexity index is 297. The van der Waals surface area contributed by atoms with Gasteiger partial charge in [0, 0.05) is 17.9 Å². The van der Waals surface area contributed by atoms with Crippen molar-refractivity contribution in [3.8, 4) is 0 Å². The first-order valence-corrected chi connectivity index (χ1v) is 6.37. The molecule has 0 aliphatic heterocycles. The van der Waals surface area contributed by atoms with Crippen LogP contribution in [0, 0.1) is 6.92 Å². The number of pyridine rings is 1. The molecule has 0 radical (unpaired) electrons. The molecule has 0 bridgehead atoms. The van der Waals surface area contributed by atoms with E-state index in [1.807, 2.05) is 20.2 Å². The van der Waals surface area contributed by atoms with E-state index >= 15 is 0 Å². The summed E-state index contributed by atoms with van der Waals surface area (Å²) in [6.45, 7) is 4.30. The van der Waals surface area contributed by atoms with Gasteiger partial charge in [0.25, 0.3) is 0 Å². The third-order valence-electron chi connectivity index (χ3n) is 3.02. The maximum atomic E-state index is 4.24. The third-order valence-corrected chi connectivity index (χ3v) is 3.02. The summed E-state index contributed by atoms with van der Waals surface area (Å²) in [6, 6.07) is 4.79. The van der Waals surface area contributed by atoms with E-state index in [1.54, 1.807) is 0 Å². The smallest absolute Gasteiger partial charge is 0.0375 e. The molecular formula is C14H24N2. The summed E-state index contributed by atoms with van der Waals surface area (Å²) in [4.78, 5) is 4.24. The van der Waals surface area contributed by atoms with E-state index in [-0.39, 0.29) is 0 Å². The fourth-order valence-corrected chi connectivity index (χ4v) is 2.04. The van der Waals surface area contributed by atoms with Crippen LogP contribution in [0.25, 0.3) is 0 Å². The second-order valence-electron chi connectivity index (χ2n) is 4.42. The lowest BCUT2D eigenvalue weighted by Gasteiger charge is -2.16. The summed E-state index contributed by atoms with van der Waals surface area (Å²) in [5, 5.41) is 3.39. The van der Waals surface area contributed by atoms with Crippen molar-refractivity contribution in [2.75, 3.05) is 7.05 Å². The van der Waals surface area contributed by atoms with Crippen molar-refractivity contribution in [3.05, 3.63) is 29.6 Å². The largest absolute Gasteiger partial charge is 0.313 e. The van der Waals surface area contributed by atoms with Crippen molar-refractivity contribution in [3.63, 3.8) is 0 Å². The summed E-state index contributed by atoms with van der Waals surface area (Å²) in [5.74, 6) is 0. The first kappa shape index (κ1) is 13.2. The second kappa shape index (κ2) is 7.39. The molecule has 1 aromatic rings. The summed E-state index contributed by atoms with van der Waals surface area (Å²) in [5.41, 5.74) is 2.47. The van der Waals surface area contributed by atoms with Crippen LogP contribution in [0.5, 0.6) is 0 Å². The van der Waals surface area contributed by atoms with E-state index in [0.717, 1.165) is 5.69 Å². The van der Waals surface area contributed by atoms with Crippen LogP contribution in [0.4, 0.5) is 0 Å². The minimum atomic E-state index is 0.485. The van der Waals surface area contributed by atoms with Gasteiger partial charge in [-0.2, -0.15) is 0 Å². The highest BCUT2D eigenvalue weighted by Crippen LogP contribution is 2.19. The zero-order chi connectivity index (χ0) is 11.8. The van der Waals surface area contributed by atoms with Gasteiger partial charge < -0.3 is 5.32 Å². The van der Waals surface area contributed by atoms with Crippen molar-refractivity contribution in [1.29, 1.82) is 0 Å². The maximum absolute atomic E-state index is 4.24. The fourth-order valence-electron chi connectivity index (χ4n) is 2.04. The van der Waals surface area contributed by atoms with E-state index < -0.39 is 0 Å². The number of rotatable bonds is 7. The molecule has 1 N–H and O–H groups in total. The lowest BCUT2D eigenvalue weighted by molar-refractivity contribution is 0.504. The molecule has 2 nitrogen and oxygen atoms in total. The molecule has 0 aromatic carbocycles. The molecule has 0 aliphatic rings. The zero-order valence-electron chi connectivity index (χ0n) is 10.8. The van der Waals surface area contributed by atoms with Gasteiger partial charge in [0.1, 0.15) is 0 Å². The van der Waals surface area contributed by atoms with Crippen molar-refractivity contribution < 1.29 is 0 Å². The van der Waals surface area contributed by atoms with Crippen molar-refractivity contribution in [2.45, 2.75) is 52.0 Å². The van der Waals surface area contributed by atoms with E-state index in [2.05, 4.69) is 29.4 Å². The summed E-state index contributed by atoms with van der Waals surface area (Å²) in [7, 11) is 2.04. The SMILES string of the molecule is CCCCCCC(NC)c1ccnc(C)c1. The van der Waals surface area contributed by atoms with Crippen molar-refractivity contribution >= 4 is 0 Å². The van der Waals surface area contributed by atoms with Crippen LogP contribution >= 0.6 is 0 Å². The van der Waals surface area contributed by atoms with Gasteiger partial charge >= 0.3 is 0 Å². The molecule has 1 heterocycles.